The number of hydrogen-bond acceptors (Lipinski definition) is 5. The Hall–Kier alpha value is -2.16. The molecule has 0 aliphatic heterocycles. The second kappa shape index (κ2) is 13.1. The van der Waals surface area contributed by atoms with E-state index >= 15 is 0 Å². The summed E-state index contributed by atoms with van der Waals surface area (Å²) >= 11 is 0. The highest BCUT2D eigenvalue weighted by Gasteiger charge is 2.30. The van der Waals surface area contributed by atoms with E-state index in [9.17, 15) is 19.2 Å². The van der Waals surface area contributed by atoms with Gasteiger partial charge < -0.3 is 26.8 Å². The minimum atomic E-state index is -1.17. The van der Waals surface area contributed by atoms with Crippen LogP contribution >= 0.6 is 0 Å². The first-order chi connectivity index (χ1) is 13.4. The van der Waals surface area contributed by atoms with Gasteiger partial charge in [-0.25, -0.2) is 0 Å². The van der Waals surface area contributed by atoms with Crippen molar-refractivity contribution in [2.45, 2.75) is 78.9 Å². The van der Waals surface area contributed by atoms with E-state index in [1.165, 1.54) is 0 Å². The lowest BCUT2D eigenvalue weighted by molar-refractivity contribution is -0.138. The van der Waals surface area contributed by atoms with Crippen molar-refractivity contribution >= 4 is 23.7 Å². The van der Waals surface area contributed by atoms with Gasteiger partial charge in [0, 0.05) is 0 Å². The van der Waals surface area contributed by atoms with Crippen LogP contribution in [0.1, 0.15) is 60.8 Å². The summed E-state index contributed by atoms with van der Waals surface area (Å²) in [6, 6.07) is -2.45. The summed E-state index contributed by atoms with van der Waals surface area (Å²) in [5.41, 5.74) is 5.97. The fourth-order valence-corrected chi connectivity index (χ4v) is 2.74. The molecule has 168 valence electrons. The molecule has 0 aromatic carbocycles. The van der Waals surface area contributed by atoms with E-state index in [0.717, 1.165) is 6.42 Å². The Kier molecular flexibility index (Phi) is 12.2. The van der Waals surface area contributed by atoms with Crippen LogP contribution in [0.5, 0.6) is 0 Å². The molecule has 0 spiro atoms. The van der Waals surface area contributed by atoms with Crippen LogP contribution in [-0.2, 0) is 19.2 Å². The average Bonchev–Trinajstić information content (AvgIpc) is 2.62. The maximum Gasteiger partial charge on any atom is 0.322 e. The maximum atomic E-state index is 12.8. The molecule has 0 aromatic heterocycles. The first-order valence-corrected chi connectivity index (χ1v) is 10.2. The fraction of sp³-hybridized carbons (Fsp3) is 0.800. The number of rotatable bonds is 13. The zero-order valence-electron chi connectivity index (χ0n) is 18.5. The molecule has 0 bridgehead atoms. The Morgan fingerprint density at radius 1 is 0.828 bits per heavy atom. The highest BCUT2D eigenvalue weighted by molar-refractivity contribution is 5.93. The van der Waals surface area contributed by atoms with Crippen LogP contribution in [0.2, 0.25) is 0 Å². The summed E-state index contributed by atoms with van der Waals surface area (Å²) in [5.74, 6) is -2.45. The van der Waals surface area contributed by atoms with Crippen molar-refractivity contribution in [1.29, 1.82) is 0 Å². The third kappa shape index (κ3) is 10.8. The predicted octanol–water partition coefficient (Wildman–Crippen LogP) is 0.622. The van der Waals surface area contributed by atoms with Gasteiger partial charge in [-0.05, 0) is 30.6 Å². The Bertz CT molecular complexity index is 565. The molecule has 0 aliphatic carbocycles. The molecule has 0 rings (SSSR count). The number of carbonyl (C=O) groups is 4. The standard InChI is InChI=1S/C20H38N4O5/c1-7-13(6)17(21)20(29)24-15(9-12(4)5)19(28)23-14(8-11(2)3)18(27)22-10-16(25)26/h11-15,17H,7-10,21H2,1-6H3,(H,22,27)(H,23,28)(H,24,29)(H,25,26). The van der Waals surface area contributed by atoms with Gasteiger partial charge >= 0.3 is 5.97 Å². The second-order valence-electron chi connectivity index (χ2n) is 8.40. The normalized spacial score (nSPS) is 15.3. The van der Waals surface area contributed by atoms with Gasteiger partial charge in [-0.3, -0.25) is 19.2 Å². The molecule has 0 radical (unpaired) electrons. The van der Waals surface area contributed by atoms with Gasteiger partial charge in [0.15, 0.2) is 0 Å². The van der Waals surface area contributed by atoms with Crippen LogP contribution < -0.4 is 21.7 Å². The van der Waals surface area contributed by atoms with Gasteiger partial charge in [0.25, 0.3) is 0 Å². The molecule has 4 atom stereocenters. The van der Waals surface area contributed by atoms with E-state index in [2.05, 4.69) is 16.0 Å². The molecule has 0 heterocycles. The van der Waals surface area contributed by atoms with Gasteiger partial charge in [0.1, 0.15) is 18.6 Å². The van der Waals surface area contributed by atoms with Gasteiger partial charge in [-0.2, -0.15) is 0 Å². The van der Waals surface area contributed by atoms with Crippen LogP contribution in [0.3, 0.4) is 0 Å². The highest BCUT2D eigenvalue weighted by Crippen LogP contribution is 2.11. The van der Waals surface area contributed by atoms with E-state index in [1.54, 1.807) is 0 Å². The number of nitrogens with one attached hydrogen (secondary N) is 3. The van der Waals surface area contributed by atoms with E-state index in [0.29, 0.717) is 12.8 Å². The van der Waals surface area contributed by atoms with Crippen molar-refractivity contribution < 1.29 is 24.3 Å². The van der Waals surface area contributed by atoms with Crippen LogP contribution in [0, 0.1) is 17.8 Å². The summed E-state index contributed by atoms with van der Waals surface area (Å²) in [7, 11) is 0. The number of amides is 3. The molecular formula is C20H38N4O5. The molecule has 0 aliphatic rings. The number of nitrogens with two attached hydrogens (primary N) is 1. The van der Waals surface area contributed by atoms with Crippen LogP contribution in [0.15, 0.2) is 0 Å². The monoisotopic (exact) mass is 414 g/mol. The third-order valence-electron chi connectivity index (χ3n) is 4.65. The van der Waals surface area contributed by atoms with Crippen molar-refractivity contribution in [2.24, 2.45) is 23.5 Å². The molecule has 29 heavy (non-hydrogen) atoms. The zero-order chi connectivity index (χ0) is 22.7. The molecule has 9 nitrogen and oxygen atoms in total. The molecule has 0 aromatic rings. The molecule has 9 heteroatoms. The Labute approximate surface area is 173 Å². The van der Waals surface area contributed by atoms with E-state index in [-0.39, 0.29) is 17.8 Å². The van der Waals surface area contributed by atoms with Crippen molar-refractivity contribution in [2.75, 3.05) is 6.54 Å². The van der Waals surface area contributed by atoms with Gasteiger partial charge in [-0.1, -0.05) is 48.0 Å². The van der Waals surface area contributed by atoms with Gasteiger partial charge in [-0.15, -0.1) is 0 Å². The summed E-state index contributed by atoms with van der Waals surface area (Å²) in [4.78, 5) is 48.3. The lowest BCUT2D eigenvalue weighted by Crippen LogP contribution is -2.57. The van der Waals surface area contributed by atoms with Crippen LogP contribution in [-0.4, -0.2) is 53.5 Å². The molecule has 0 saturated heterocycles. The third-order valence-corrected chi connectivity index (χ3v) is 4.65. The van der Waals surface area contributed by atoms with Crippen LogP contribution in [0.25, 0.3) is 0 Å². The minimum absolute atomic E-state index is 0.0340. The summed E-state index contributed by atoms with van der Waals surface area (Å²) in [6.45, 7) is 10.9. The lowest BCUT2D eigenvalue weighted by Gasteiger charge is -2.26. The molecule has 3 amide bonds. The summed E-state index contributed by atoms with van der Waals surface area (Å²) in [5, 5.41) is 16.4. The molecule has 4 unspecified atom stereocenters. The van der Waals surface area contributed by atoms with E-state index < -0.39 is 48.4 Å². The topological polar surface area (TPSA) is 151 Å². The van der Waals surface area contributed by atoms with Crippen molar-refractivity contribution in [3.63, 3.8) is 0 Å². The first kappa shape index (κ1) is 26.8. The van der Waals surface area contributed by atoms with Crippen molar-refractivity contribution in [1.82, 2.24) is 16.0 Å². The molecule has 6 N–H and O–H groups in total. The van der Waals surface area contributed by atoms with E-state index in [4.69, 9.17) is 10.8 Å². The van der Waals surface area contributed by atoms with Gasteiger partial charge in [0.05, 0.1) is 6.04 Å². The summed E-state index contributed by atoms with van der Waals surface area (Å²) in [6.07, 6.45) is 1.46. The largest absolute Gasteiger partial charge is 0.480 e. The first-order valence-electron chi connectivity index (χ1n) is 10.2. The molecular weight excluding hydrogens is 376 g/mol. The second-order valence-corrected chi connectivity index (χ2v) is 8.40. The quantitative estimate of drug-likeness (QED) is 0.298. The number of carboxylic acids is 1. The molecule has 0 saturated carbocycles. The highest BCUT2D eigenvalue weighted by atomic mass is 16.4. The number of carbonyl (C=O) groups excluding carboxylic acids is 3. The lowest BCUT2D eigenvalue weighted by atomic mass is 9.97. The Balaban J connectivity index is 5.28. The predicted molar refractivity (Wildman–Crippen MR) is 111 cm³/mol. The summed E-state index contributed by atoms with van der Waals surface area (Å²) < 4.78 is 0. The smallest absolute Gasteiger partial charge is 0.322 e. The fourth-order valence-electron chi connectivity index (χ4n) is 2.74. The van der Waals surface area contributed by atoms with Crippen LogP contribution in [0.4, 0.5) is 0 Å². The zero-order valence-corrected chi connectivity index (χ0v) is 18.5. The Morgan fingerprint density at radius 2 is 1.28 bits per heavy atom. The minimum Gasteiger partial charge on any atom is -0.480 e. The number of carboxylic acid groups (broad SMARTS) is 1. The van der Waals surface area contributed by atoms with Crippen molar-refractivity contribution in [3.8, 4) is 0 Å². The SMILES string of the molecule is CCC(C)C(N)C(=O)NC(CC(C)C)C(=O)NC(CC(C)C)C(=O)NCC(=O)O. The molecule has 0 fully saturated rings. The van der Waals surface area contributed by atoms with Crippen molar-refractivity contribution in [3.05, 3.63) is 0 Å². The average molecular weight is 415 g/mol. The maximum absolute atomic E-state index is 12.8. The Morgan fingerprint density at radius 3 is 1.69 bits per heavy atom. The number of hydrogen-bond donors (Lipinski definition) is 5. The van der Waals surface area contributed by atoms with Gasteiger partial charge in [0.2, 0.25) is 17.7 Å². The number of aliphatic carboxylic acids is 1. The van der Waals surface area contributed by atoms with E-state index in [1.807, 2.05) is 41.5 Å².